The fourth-order valence-electron chi connectivity index (χ4n) is 8.51. The molecule has 3 aromatic carbocycles. The molecule has 2 aliphatic heterocycles. The lowest BCUT2D eigenvalue weighted by Gasteiger charge is -2.50. The number of nitrogens with one attached hydrogen (secondary N) is 1. The van der Waals surface area contributed by atoms with E-state index in [-0.39, 0.29) is 41.3 Å². The van der Waals surface area contributed by atoms with Crippen molar-refractivity contribution in [2.45, 2.75) is 31.1 Å². The average Bonchev–Trinajstić information content (AvgIpc) is 3.47. The van der Waals surface area contributed by atoms with Gasteiger partial charge in [-0.05, 0) is 102 Å². The third kappa shape index (κ3) is 4.94. The van der Waals surface area contributed by atoms with Crippen molar-refractivity contribution in [3.05, 3.63) is 91.0 Å². The Balaban J connectivity index is 1.50. The Morgan fingerprint density at radius 2 is 1.69 bits per heavy atom. The maximum Gasteiger partial charge on any atom is 0.260 e. The molecule has 4 amide bonds. The van der Waals surface area contributed by atoms with E-state index >= 15 is 4.79 Å². The topological polar surface area (TPSA) is 125 Å². The normalized spacial score (nSPS) is 27.5. The first-order valence-corrected chi connectivity index (χ1v) is 17.7. The van der Waals surface area contributed by atoms with Gasteiger partial charge < -0.3 is 14.6 Å². The number of rotatable bonds is 7. The molecular formula is C36H32Cl2IN3O7. The molecule has 1 saturated carbocycles. The molecule has 4 aliphatic rings. The Morgan fingerprint density at radius 3 is 2.35 bits per heavy atom. The van der Waals surface area contributed by atoms with Crippen LogP contribution in [0.3, 0.4) is 0 Å². The van der Waals surface area contributed by atoms with Crippen molar-refractivity contribution in [1.29, 1.82) is 0 Å². The van der Waals surface area contributed by atoms with E-state index in [9.17, 15) is 19.5 Å². The third-order valence-electron chi connectivity index (χ3n) is 10.6. The summed E-state index contributed by atoms with van der Waals surface area (Å²) in [6.45, 7) is 2.02. The zero-order valence-corrected chi connectivity index (χ0v) is 30.4. The molecule has 3 aromatic rings. The number of hydrogen-bond acceptors (Lipinski definition) is 8. The number of benzene rings is 3. The second kappa shape index (κ2) is 12.5. The van der Waals surface area contributed by atoms with E-state index in [0.29, 0.717) is 37.6 Å². The van der Waals surface area contributed by atoms with Gasteiger partial charge in [-0.3, -0.25) is 29.5 Å². The van der Waals surface area contributed by atoms with Gasteiger partial charge in [0.05, 0.1) is 51.7 Å². The zero-order chi connectivity index (χ0) is 34.9. The van der Waals surface area contributed by atoms with Crippen LogP contribution in [0.15, 0.2) is 66.2 Å². The number of hydrazine groups is 1. The summed E-state index contributed by atoms with van der Waals surface area (Å²) in [6.07, 6.45) is 2.45. The third-order valence-corrected chi connectivity index (χ3v) is 12.0. The number of anilines is 1. The van der Waals surface area contributed by atoms with Crippen molar-refractivity contribution < 1.29 is 33.8 Å². The monoisotopic (exact) mass is 815 g/mol. The summed E-state index contributed by atoms with van der Waals surface area (Å²) >= 11 is 14.7. The van der Waals surface area contributed by atoms with E-state index in [1.54, 1.807) is 62.6 Å². The second-order valence-electron chi connectivity index (χ2n) is 12.7. The van der Waals surface area contributed by atoms with Gasteiger partial charge in [-0.1, -0.05) is 47.0 Å². The number of allylic oxidation sites excluding steroid dienone is 2. The highest BCUT2D eigenvalue weighted by Crippen LogP contribution is 2.64. The number of carbonyl (C=O) groups excluding carboxylic acids is 4. The smallest absolute Gasteiger partial charge is 0.260 e. The number of methoxy groups -OCH3 is 2. The lowest BCUT2D eigenvalue weighted by Crippen LogP contribution is -2.53. The molecule has 0 aromatic heterocycles. The second-order valence-corrected chi connectivity index (χ2v) is 14.7. The van der Waals surface area contributed by atoms with Crippen molar-refractivity contribution >= 4 is 75.1 Å². The van der Waals surface area contributed by atoms with Crippen molar-refractivity contribution in [2.75, 3.05) is 26.2 Å². The first-order valence-electron chi connectivity index (χ1n) is 15.8. The molecule has 13 heteroatoms. The molecule has 6 unspecified atom stereocenters. The number of halogens is 3. The van der Waals surface area contributed by atoms with Crippen molar-refractivity contribution in [1.82, 2.24) is 9.91 Å². The molecule has 0 radical (unpaired) electrons. The van der Waals surface area contributed by atoms with Crippen LogP contribution in [-0.4, -0.2) is 59.4 Å². The maximum atomic E-state index is 15.3. The van der Waals surface area contributed by atoms with Crippen LogP contribution in [0.25, 0.3) is 0 Å². The Morgan fingerprint density at radius 1 is 0.959 bits per heavy atom. The van der Waals surface area contributed by atoms with Crippen molar-refractivity contribution in [3.8, 4) is 17.2 Å². The average molecular weight is 816 g/mol. The highest BCUT2D eigenvalue weighted by molar-refractivity contribution is 14.1. The molecule has 7 rings (SSSR count). The van der Waals surface area contributed by atoms with E-state index in [2.05, 4.69) is 5.43 Å². The summed E-state index contributed by atoms with van der Waals surface area (Å²) in [5.74, 6) is -4.30. The van der Waals surface area contributed by atoms with E-state index in [1.165, 1.54) is 18.1 Å². The molecule has 3 fully saturated rings. The summed E-state index contributed by atoms with van der Waals surface area (Å²) in [7, 11) is 2.99. The number of phenols is 1. The fourth-order valence-corrected chi connectivity index (χ4v) is 9.59. The quantitative estimate of drug-likeness (QED) is 0.161. The largest absolute Gasteiger partial charge is 0.504 e. The number of carbonyl (C=O) groups is 4. The van der Waals surface area contributed by atoms with Gasteiger partial charge in [0.1, 0.15) is 5.75 Å². The van der Waals surface area contributed by atoms with Gasteiger partial charge in [-0.2, -0.15) is 5.01 Å². The molecule has 49 heavy (non-hydrogen) atoms. The standard InChI is InChI=1S/C36H32Cl2IN3O7/c1-4-41-32(44)22-11-10-21-23(29(22)34(41)46)16-24-33(45)42(40-27-12-7-19(37)15-25(27)38)35(47)36(24,18-5-8-20(48-2)9-6-18)30(21)17-13-26(39)31(43)28(14-17)49-3/h5-10,12-15,22-24,29-30,40,43H,4,11,16H2,1-3H3. The van der Waals surface area contributed by atoms with Crippen LogP contribution in [0.1, 0.15) is 36.8 Å². The lowest BCUT2D eigenvalue weighted by molar-refractivity contribution is -0.141. The number of nitrogens with zero attached hydrogens (tertiary/aromatic N) is 2. The molecule has 2 saturated heterocycles. The summed E-state index contributed by atoms with van der Waals surface area (Å²) in [5, 5.41) is 12.5. The van der Waals surface area contributed by atoms with E-state index in [1.807, 2.05) is 28.7 Å². The Hall–Kier alpha value is -3.81. The van der Waals surface area contributed by atoms with Crippen LogP contribution in [-0.2, 0) is 24.6 Å². The molecule has 2 heterocycles. The molecule has 6 atom stereocenters. The van der Waals surface area contributed by atoms with Crippen LogP contribution >= 0.6 is 45.8 Å². The number of ether oxygens (including phenoxy) is 2. The minimum Gasteiger partial charge on any atom is -0.504 e. The van der Waals surface area contributed by atoms with Gasteiger partial charge in [0.25, 0.3) is 11.8 Å². The Kier molecular flexibility index (Phi) is 8.59. The molecule has 2 aliphatic carbocycles. The molecule has 2 N–H and O–H groups in total. The molecule has 0 spiro atoms. The van der Waals surface area contributed by atoms with Crippen LogP contribution in [0, 0.1) is 27.2 Å². The van der Waals surface area contributed by atoms with Gasteiger partial charge in [0.2, 0.25) is 11.8 Å². The molecule has 10 nitrogen and oxygen atoms in total. The first kappa shape index (κ1) is 33.7. The lowest BCUT2D eigenvalue weighted by atomic mass is 9.49. The Labute approximate surface area is 306 Å². The van der Waals surface area contributed by atoms with E-state index in [0.717, 1.165) is 10.6 Å². The van der Waals surface area contributed by atoms with Gasteiger partial charge in [0.15, 0.2) is 11.5 Å². The van der Waals surface area contributed by atoms with Crippen LogP contribution in [0.5, 0.6) is 17.2 Å². The van der Waals surface area contributed by atoms with Gasteiger partial charge in [0, 0.05) is 17.5 Å². The summed E-state index contributed by atoms with van der Waals surface area (Å²) in [4.78, 5) is 58.8. The van der Waals surface area contributed by atoms with Crippen LogP contribution in [0.4, 0.5) is 5.69 Å². The summed E-state index contributed by atoms with van der Waals surface area (Å²) in [6, 6.07) is 15.3. The summed E-state index contributed by atoms with van der Waals surface area (Å²) in [5.41, 5.74) is 3.75. The minimum atomic E-state index is -1.52. The predicted molar refractivity (Wildman–Crippen MR) is 190 cm³/mol. The van der Waals surface area contributed by atoms with Crippen LogP contribution < -0.4 is 14.9 Å². The van der Waals surface area contributed by atoms with Crippen molar-refractivity contribution in [2.24, 2.45) is 23.7 Å². The van der Waals surface area contributed by atoms with Crippen molar-refractivity contribution in [3.63, 3.8) is 0 Å². The maximum absolute atomic E-state index is 15.3. The van der Waals surface area contributed by atoms with E-state index in [4.69, 9.17) is 32.7 Å². The zero-order valence-electron chi connectivity index (χ0n) is 26.7. The molecule has 254 valence electrons. The van der Waals surface area contributed by atoms with Gasteiger partial charge in [-0.15, -0.1) is 0 Å². The number of aromatic hydroxyl groups is 1. The highest BCUT2D eigenvalue weighted by atomic mass is 127. The number of imide groups is 2. The summed E-state index contributed by atoms with van der Waals surface area (Å²) < 4.78 is 11.5. The SMILES string of the molecule is CCN1C(=O)C2CC=C3C(CC4C(=O)N(Nc5ccc(Cl)cc5Cl)C(=O)C4(c4ccc(OC)cc4)C3c3cc(I)c(O)c(OC)c3)C2C1=O. The molecule has 0 bridgehead atoms. The Bertz CT molecular complexity index is 1950. The van der Waals surface area contributed by atoms with Gasteiger partial charge >= 0.3 is 0 Å². The van der Waals surface area contributed by atoms with Gasteiger partial charge in [-0.25, -0.2) is 0 Å². The predicted octanol–water partition coefficient (Wildman–Crippen LogP) is 6.33. The minimum absolute atomic E-state index is 0.0587. The fraction of sp³-hybridized carbons (Fsp3) is 0.333. The number of amides is 4. The number of hydrogen-bond donors (Lipinski definition) is 2. The van der Waals surface area contributed by atoms with E-state index < -0.39 is 46.8 Å². The van der Waals surface area contributed by atoms with Crippen LogP contribution in [0.2, 0.25) is 10.0 Å². The number of fused-ring (bicyclic) bond motifs is 4. The number of likely N-dealkylation sites (tertiary alicyclic amines) is 1. The number of phenolic OH excluding ortho intramolecular Hbond substituents is 1. The molecular weight excluding hydrogens is 784 g/mol. The first-order chi connectivity index (χ1) is 23.5. The highest BCUT2D eigenvalue weighted by Gasteiger charge is 2.70.